The standard InChI is InChI=1S/C18H23N/c1-14(2)17-11-9-16(10-12-17)13-19-15(3)18-7-5-4-6-8-18/h4-12,14-15,19H,13H2,1-3H3/p+1/t15-/m0/s1. The maximum Gasteiger partial charge on any atom is 0.109 e. The van der Waals surface area contributed by atoms with Crippen molar-refractivity contribution in [2.24, 2.45) is 0 Å². The Kier molecular flexibility index (Phi) is 4.75. The van der Waals surface area contributed by atoms with E-state index in [0.717, 1.165) is 6.54 Å². The second-order valence-corrected chi connectivity index (χ2v) is 5.54. The molecule has 0 heterocycles. The maximum atomic E-state index is 2.39. The lowest BCUT2D eigenvalue weighted by Gasteiger charge is -2.11. The highest BCUT2D eigenvalue weighted by Crippen LogP contribution is 2.14. The van der Waals surface area contributed by atoms with Gasteiger partial charge in [0.1, 0.15) is 12.6 Å². The first-order chi connectivity index (χ1) is 9.16. The van der Waals surface area contributed by atoms with Crippen LogP contribution in [0.4, 0.5) is 0 Å². The smallest absolute Gasteiger partial charge is 0.109 e. The summed E-state index contributed by atoms with van der Waals surface area (Å²) in [4.78, 5) is 0. The highest BCUT2D eigenvalue weighted by molar-refractivity contribution is 5.24. The van der Waals surface area contributed by atoms with Gasteiger partial charge in [-0.1, -0.05) is 68.4 Å². The van der Waals surface area contributed by atoms with Crippen LogP contribution in [0.3, 0.4) is 0 Å². The van der Waals surface area contributed by atoms with Crippen LogP contribution >= 0.6 is 0 Å². The normalized spacial score (nSPS) is 12.6. The first kappa shape index (κ1) is 13.8. The van der Waals surface area contributed by atoms with Crippen LogP contribution < -0.4 is 5.32 Å². The van der Waals surface area contributed by atoms with Gasteiger partial charge >= 0.3 is 0 Å². The molecule has 0 saturated heterocycles. The fraction of sp³-hybridized carbons (Fsp3) is 0.333. The molecule has 0 fully saturated rings. The van der Waals surface area contributed by atoms with Gasteiger partial charge in [-0.3, -0.25) is 0 Å². The van der Waals surface area contributed by atoms with E-state index in [-0.39, 0.29) is 0 Å². The molecule has 19 heavy (non-hydrogen) atoms. The van der Waals surface area contributed by atoms with Gasteiger partial charge in [0.15, 0.2) is 0 Å². The quantitative estimate of drug-likeness (QED) is 0.839. The van der Waals surface area contributed by atoms with Crippen LogP contribution in [0.25, 0.3) is 0 Å². The van der Waals surface area contributed by atoms with Crippen LogP contribution in [0.5, 0.6) is 0 Å². The lowest BCUT2D eigenvalue weighted by molar-refractivity contribution is -0.707. The van der Waals surface area contributed by atoms with Gasteiger partial charge in [-0.15, -0.1) is 0 Å². The maximum absolute atomic E-state index is 2.39. The molecule has 0 saturated carbocycles. The average molecular weight is 254 g/mol. The van der Waals surface area contributed by atoms with Gasteiger partial charge in [0.05, 0.1) is 0 Å². The van der Waals surface area contributed by atoms with Crippen molar-refractivity contribution in [3.8, 4) is 0 Å². The number of rotatable bonds is 5. The Hall–Kier alpha value is -1.60. The van der Waals surface area contributed by atoms with E-state index in [0.29, 0.717) is 12.0 Å². The Labute approximate surface area is 116 Å². The summed E-state index contributed by atoms with van der Waals surface area (Å²) in [5.74, 6) is 0.612. The first-order valence-corrected chi connectivity index (χ1v) is 7.14. The third-order valence-electron chi connectivity index (χ3n) is 3.68. The number of nitrogens with two attached hydrogens (primary N) is 1. The lowest BCUT2D eigenvalue weighted by Crippen LogP contribution is -2.83. The largest absolute Gasteiger partial charge is 0.337 e. The highest BCUT2D eigenvalue weighted by Gasteiger charge is 2.07. The van der Waals surface area contributed by atoms with E-state index < -0.39 is 0 Å². The molecule has 2 rings (SSSR count). The molecule has 0 aliphatic heterocycles. The molecule has 1 atom stereocenters. The second-order valence-electron chi connectivity index (χ2n) is 5.54. The molecule has 100 valence electrons. The summed E-state index contributed by atoms with van der Waals surface area (Å²) >= 11 is 0. The Balaban J connectivity index is 1.92. The summed E-state index contributed by atoms with van der Waals surface area (Å²) in [7, 11) is 0. The molecule has 0 amide bonds. The Morgan fingerprint density at radius 3 is 2.00 bits per heavy atom. The third kappa shape index (κ3) is 3.93. The van der Waals surface area contributed by atoms with Crippen molar-refractivity contribution >= 4 is 0 Å². The monoisotopic (exact) mass is 254 g/mol. The van der Waals surface area contributed by atoms with E-state index in [2.05, 4.69) is 80.7 Å². The minimum Gasteiger partial charge on any atom is -0.337 e. The van der Waals surface area contributed by atoms with Crippen LogP contribution in [0.15, 0.2) is 54.6 Å². The third-order valence-corrected chi connectivity index (χ3v) is 3.68. The fourth-order valence-electron chi connectivity index (χ4n) is 2.24. The van der Waals surface area contributed by atoms with Crippen LogP contribution in [-0.4, -0.2) is 0 Å². The van der Waals surface area contributed by atoms with Gasteiger partial charge in [0.25, 0.3) is 0 Å². The van der Waals surface area contributed by atoms with Crippen LogP contribution in [0, 0.1) is 0 Å². The minimum absolute atomic E-state index is 0.506. The second kappa shape index (κ2) is 6.53. The van der Waals surface area contributed by atoms with Crippen LogP contribution in [0.1, 0.15) is 49.4 Å². The number of hydrogen-bond acceptors (Lipinski definition) is 0. The summed E-state index contributed by atoms with van der Waals surface area (Å²) in [6.07, 6.45) is 0. The summed E-state index contributed by atoms with van der Waals surface area (Å²) < 4.78 is 0. The number of hydrogen-bond donors (Lipinski definition) is 1. The van der Waals surface area contributed by atoms with Gasteiger partial charge in [-0.05, 0) is 18.4 Å². The zero-order chi connectivity index (χ0) is 13.7. The molecule has 2 aromatic carbocycles. The topological polar surface area (TPSA) is 16.6 Å². The minimum atomic E-state index is 0.506. The molecule has 2 aromatic rings. The van der Waals surface area contributed by atoms with Gasteiger partial charge in [-0.25, -0.2) is 0 Å². The van der Waals surface area contributed by atoms with E-state index in [4.69, 9.17) is 0 Å². The Morgan fingerprint density at radius 2 is 1.42 bits per heavy atom. The van der Waals surface area contributed by atoms with Crippen molar-refractivity contribution in [3.05, 3.63) is 71.3 Å². The molecular weight excluding hydrogens is 230 g/mol. The van der Waals surface area contributed by atoms with Gasteiger partial charge in [0, 0.05) is 11.1 Å². The summed E-state index contributed by atoms with van der Waals surface area (Å²) in [6, 6.07) is 20.2. The number of benzene rings is 2. The van der Waals surface area contributed by atoms with Gasteiger partial charge < -0.3 is 5.32 Å². The van der Waals surface area contributed by atoms with Crippen molar-refractivity contribution in [1.29, 1.82) is 0 Å². The number of quaternary nitrogens is 1. The van der Waals surface area contributed by atoms with Gasteiger partial charge in [0.2, 0.25) is 0 Å². The molecular formula is C18H24N+. The van der Waals surface area contributed by atoms with Crippen LogP contribution in [0.2, 0.25) is 0 Å². The molecule has 1 heteroatoms. The zero-order valence-electron chi connectivity index (χ0n) is 12.1. The van der Waals surface area contributed by atoms with Crippen molar-refractivity contribution in [2.75, 3.05) is 0 Å². The van der Waals surface area contributed by atoms with E-state index in [1.54, 1.807) is 0 Å². The molecule has 0 radical (unpaired) electrons. The van der Waals surface area contributed by atoms with E-state index >= 15 is 0 Å². The predicted molar refractivity (Wildman–Crippen MR) is 81.0 cm³/mol. The summed E-state index contributed by atoms with van der Waals surface area (Å²) in [5, 5.41) is 2.39. The van der Waals surface area contributed by atoms with E-state index in [9.17, 15) is 0 Å². The van der Waals surface area contributed by atoms with Crippen LogP contribution in [-0.2, 0) is 6.54 Å². The van der Waals surface area contributed by atoms with E-state index in [1.807, 2.05) is 0 Å². The van der Waals surface area contributed by atoms with Gasteiger partial charge in [-0.2, -0.15) is 0 Å². The predicted octanol–water partition coefficient (Wildman–Crippen LogP) is 3.63. The first-order valence-electron chi connectivity index (χ1n) is 7.14. The highest BCUT2D eigenvalue weighted by atomic mass is 14.9. The molecule has 0 aliphatic carbocycles. The molecule has 2 N–H and O–H groups in total. The lowest BCUT2D eigenvalue weighted by atomic mass is 10.0. The molecule has 0 spiro atoms. The molecule has 0 aliphatic rings. The molecule has 1 nitrogen and oxygen atoms in total. The summed E-state index contributed by atoms with van der Waals surface area (Å²) in [5.41, 5.74) is 4.20. The average Bonchev–Trinajstić information content (AvgIpc) is 2.46. The fourth-order valence-corrected chi connectivity index (χ4v) is 2.24. The van der Waals surface area contributed by atoms with Crippen molar-refractivity contribution in [3.63, 3.8) is 0 Å². The molecule has 0 aromatic heterocycles. The Bertz CT molecular complexity index is 485. The zero-order valence-corrected chi connectivity index (χ0v) is 12.1. The SMILES string of the molecule is CC(C)c1ccc(C[NH2+][C@@H](C)c2ccccc2)cc1. The van der Waals surface area contributed by atoms with Crippen molar-refractivity contribution < 1.29 is 5.32 Å². The van der Waals surface area contributed by atoms with Crippen molar-refractivity contribution in [1.82, 2.24) is 0 Å². The molecule has 0 unspecified atom stereocenters. The Morgan fingerprint density at radius 1 is 0.789 bits per heavy atom. The summed E-state index contributed by atoms with van der Waals surface area (Å²) in [6.45, 7) is 7.77. The molecule has 0 bridgehead atoms. The van der Waals surface area contributed by atoms with Crippen molar-refractivity contribution in [2.45, 2.75) is 39.3 Å². The van der Waals surface area contributed by atoms with E-state index in [1.165, 1.54) is 16.7 Å².